The molecule has 3 heterocycles. The van der Waals surface area contributed by atoms with E-state index in [2.05, 4.69) is 33.1 Å². The second-order valence-corrected chi connectivity index (χ2v) is 8.52. The summed E-state index contributed by atoms with van der Waals surface area (Å²) >= 11 is 0. The molecule has 4 rings (SSSR count). The zero-order chi connectivity index (χ0) is 17.1. The van der Waals surface area contributed by atoms with Crippen LogP contribution >= 0.6 is 0 Å². The molecule has 138 valence electrons. The minimum atomic E-state index is 0.688. The van der Waals surface area contributed by atoms with Gasteiger partial charge in [0.25, 0.3) is 0 Å². The molecule has 2 aliphatic heterocycles. The van der Waals surface area contributed by atoms with Crippen LogP contribution in [0.1, 0.15) is 50.5 Å². The van der Waals surface area contributed by atoms with Gasteiger partial charge in [-0.2, -0.15) is 0 Å². The summed E-state index contributed by atoms with van der Waals surface area (Å²) in [6.45, 7) is 9.52. The Morgan fingerprint density at radius 2 is 1.84 bits per heavy atom. The highest BCUT2D eigenvalue weighted by molar-refractivity contribution is 5.51. The molecule has 0 aromatic carbocycles. The largest absolute Gasteiger partial charge is 0.370 e. The zero-order valence-corrected chi connectivity index (χ0v) is 15.8. The van der Waals surface area contributed by atoms with Gasteiger partial charge in [0.2, 0.25) is 0 Å². The van der Waals surface area contributed by atoms with Crippen molar-refractivity contribution >= 4 is 5.69 Å². The van der Waals surface area contributed by atoms with Crippen molar-refractivity contribution in [2.24, 2.45) is 5.41 Å². The first-order valence-electron chi connectivity index (χ1n) is 10.4. The van der Waals surface area contributed by atoms with E-state index in [0.717, 1.165) is 12.6 Å². The highest BCUT2D eigenvalue weighted by Crippen LogP contribution is 2.44. The fourth-order valence-corrected chi connectivity index (χ4v) is 5.40. The minimum Gasteiger partial charge on any atom is -0.370 e. The molecule has 4 heteroatoms. The van der Waals surface area contributed by atoms with Crippen LogP contribution < -0.4 is 10.2 Å². The molecule has 0 atom stereocenters. The average molecular weight is 343 g/mol. The van der Waals surface area contributed by atoms with Crippen LogP contribution in [0.4, 0.5) is 5.69 Å². The summed E-state index contributed by atoms with van der Waals surface area (Å²) in [7, 11) is 0. The molecule has 1 saturated carbocycles. The summed E-state index contributed by atoms with van der Waals surface area (Å²) < 4.78 is 0. The number of nitrogens with one attached hydrogen (secondary N) is 1. The van der Waals surface area contributed by atoms with Crippen molar-refractivity contribution in [2.75, 3.05) is 44.2 Å². The molecule has 2 saturated heterocycles. The number of aromatic nitrogens is 1. The number of hydrogen-bond donors (Lipinski definition) is 1. The normalized spacial score (nSPS) is 25.9. The van der Waals surface area contributed by atoms with Gasteiger partial charge in [-0.05, 0) is 82.0 Å². The number of pyridine rings is 1. The Labute approximate surface area is 153 Å². The van der Waals surface area contributed by atoms with Gasteiger partial charge in [-0.3, -0.25) is 9.88 Å². The molecule has 25 heavy (non-hydrogen) atoms. The molecular weight excluding hydrogens is 308 g/mol. The molecular formula is C21H34N4. The van der Waals surface area contributed by atoms with Crippen molar-refractivity contribution in [3.8, 4) is 0 Å². The maximum Gasteiger partial charge on any atom is 0.0427 e. The Bertz CT molecular complexity index is 557. The van der Waals surface area contributed by atoms with Gasteiger partial charge in [-0.25, -0.2) is 0 Å². The standard InChI is InChI=1S/C21H34N4/c1-18-17-23-10-5-20(18)25-14-2-13-24(15-16-25)19-3-6-21(7-4-19)8-11-22-12-9-21/h5,10,17,19,22H,2-4,6-9,11-16H2,1H3. The third-order valence-corrected chi connectivity index (χ3v) is 7.06. The van der Waals surface area contributed by atoms with E-state index < -0.39 is 0 Å². The lowest BCUT2D eigenvalue weighted by atomic mass is 9.67. The smallest absolute Gasteiger partial charge is 0.0427 e. The fraction of sp³-hybridized carbons (Fsp3) is 0.762. The number of hydrogen-bond acceptors (Lipinski definition) is 4. The van der Waals surface area contributed by atoms with Gasteiger partial charge in [0, 0.05) is 50.3 Å². The molecule has 1 aliphatic carbocycles. The minimum absolute atomic E-state index is 0.688. The van der Waals surface area contributed by atoms with Crippen LogP contribution in [0.15, 0.2) is 18.5 Å². The first-order chi connectivity index (χ1) is 12.3. The highest BCUT2D eigenvalue weighted by Gasteiger charge is 2.37. The Morgan fingerprint density at radius 3 is 2.60 bits per heavy atom. The van der Waals surface area contributed by atoms with Gasteiger partial charge >= 0.3 is 0 Å². The van der Waals surface area contributed by atoms with Crippen molar-refractivity contribution in [3.63, 3.8) is 0 Å². The van der Waals surface area contributed by atoms with Crippen LogP contribution in [0.3, 0.4) is 0 Å². The van der Waals surface area contributed by atoms with Gasteiger partial charge in [-0.15, -0.1) is 0 Å². The second kappa shape index (κ2) is 7.63. The summed E-state index contributed by atoms with van der Waals surface area (Å²) in [6, 6.07) is 3.02. The van der Waals surface area contributed by atoms with Crippen molar-refractivity contribution in [1.82, 2.24) is 15.2 Å². The Hall–Kier alpha value is -1.13. The van der Waals surface area contributed by atoms with E-state index in [9.17, 15) is 0 Å². The molecule has 3 fully saturated rings. The van der Waals surface area contributed by atoms with E-state index in [-0.39, 0.29) is 0 Å². The molecule has 4 nitrogen and oxygen atoms in total. The molecule has 3 aliphatic rings. The first kappa shape index (κ1) is 17.3. The molecule has 1 N–H and O–H groups in total. The number of piperidine rings is 1. The molecule has 1 aromatic rings. The van der Waals surface area contributed by atoms with Crippen LogP contribution in [-0.4, -0.2) is 55.2 Å². The predicted octanol–water partition coefficient (Wildman–Crippen LogP) is 3.21. The van der Waals surface area contributed by atoms with E-state index in [4.69, 9.17) is 0 Å². The lowest BCUT2D eigenvalue weighted by molar-refractivity contribution is 0.0685. The Morgan fingerprint density at radius 1 is 1.04 bits per heavy atom. The van der Waals surface area contributed by atoms with Crippen LogP contribution in [0.2, 0.25) is 0 Å². The van der Waals surface area contributed by atoms with Crippen molar-refractivity contribution in [2.45, 2.75) is 57.9 Å². The van der Waals surface area contributed by atoms with E-state index in [1.165, 1.54) is 88.9 Å². The summed E-state index contributed by atoms with van der Waals surface area (Å²) in [5, 5.41) is 3.54. The van der Waals surface area contributed by atoms with E-state index in [1.807, 2.05) is 12.4 Å². The highest BCUT2D eigenvalue weighted by atomic mass is 15.2. The van der Waals surface area contributed by atoms with Gasteiger partial charge in [0.05, 0.1) is 0 Å². The number of aryl methyl sites for hydroxylation is 1. The Balaban J connectivity index is 1.33. The molecule has 1 spiro atoms. The summed E-state index contributed by atoms with van der Waals surface area (Å²) in [4.78, 5) is 9.64. The number of anilines is 1. The van der Waals surface area contributed by atoms with E-state index in [0.29, 0.717) is 5.41 Å². The lowest BCUT2D eigenvalue weighted by Gasteiger charge is -2.45. The molecule has 1 aromatic heterocycles. The maximum atomic E-state index is 4.25. The van der Waals surface area contributed by atoms with Gasteiger partial charge in [-0.1, -0.05) is 0 Å². The summed E-state index contributed by atoms with van der Waals surface area (Å²) in [5.41, 5.74) is 3.38. The van der Waals surface area contributed by atoms with Gasteiger partial charge in [0.15, 0.2) is 0 Å². The fourth-order valence-electron chi connectivity index (χ4n) is 5.40. The quantitative estimate of drug-likeness (QED) is 0.894. The van der Waals surface area contributed by atoms with Gasteiger partial charge in [0.1, 0.15) is 0 Å². The second-order valence-electron chi connectivity index (χ2n) is 8.52. The van der Waals surface area contributed by atoms with Crippen molar-refractivity contribution < 1.29 is 0 Å². The third kappa shape index (κ3) is 3.85. The average Bonchev–Trinajstić information content (AvgIpc) is 2.90. The first-order valence-corrected chi connectivity index (χ1v) is 10.4. The monoisotopic (exact) mass is 342 g/mol. The van der Waals surface area contributed by atoms with Crippen LogP contribution in [0, 0.1) is 12.3 Å². The molecule has 0 unspecified atom stereocenters. The topological polar surface area (TPSA) is 31.4 Å². The zero-order valence-electron chi connectivity index (χ0n) is 15.8. The van der Waals surface area contributed by atoms with Crippen molar-refractivity contribution in [3.05, 3.63) is 24.0 Å². The SMILES string of the molecule is Cc1cnccc1N1CCCN(C2CCC3(CCNCC3)CC2)CC1. The summed E-state index contributed by atoms with van der Waals surface area (Å²) in [5.74, 6) is 0. The molecule has 0 bridgehead atoms. The lowest BCUT2D eigenvalue weighted by Crippen LogP contribution is -2.45. The number of nitrogens with zero attached hydrogens (tertiary/aromatic N) is 3. The Kier molecular flexibility index (Phi) is 5.28. The maximum absolute atomic E-state index is 4.25. The molecule has 0 radical (unpaired) electrons. The summed E-state index contributed by atoms with van der Waals surface area (Å²) in [6.07, 6.45) is 13.8. The number of rotatable bonds is 2. The van der Waals surface area contributed by atoms with E-state index in [1.54, 1.807) is 0 Å². The van der Waals surface area contributed by atoms with Crippen LogP contribution in [0.25, 0.3) is 0 Å². The van der Waals surface area contributed by atoms with Gasteiger partial charge < -0.3 is 10.2 Å². The van der Waals surface area contributed by atoms with E-state index >= 15 is 0 Å². The third-order valence-electron chi connectivity index (χ3n) is 7.06. The van der Waals surface area contributed by atoms with Crippen LogP contribution in [0.5, 0.6) is 0 Å². The predicted molar refractivity (Wildman–Crippen MR) is 104 cm³/mol. The van der Waals surface area contributed by atoms with Crippen LogP contribution in [-0.2, 0) is 0 Å². The molecule has 0 amide bonds. The van der Waals surface area contributed by atoms with Crippen molar-refractivity contribution in [1.29, 1.82) is 0 Å².